The average molecular weight is 430 g/mol. The fourth-order valence-corrected chi connectivity index (χ4v) is 2.78. The van der Waals surface area contributed by atoms with Crippen LogP contribution in [0.25, 0.3) is 0 Å². The predicted octanol–water partition coefficient (Wildman–Crippen LogP) is 3.18. The first-order chi connectivity index (χ1) is 15.8. The van der Waals surface area contributed by atoms with E-state index >= 15 is 0 Å². The van der Waals surface area contributed by atoms with Crippen LogP contribution in [0.2, 0.25) is 0 Å². The number of aromatic nitrogens is 1. The smallest absolute Gasteiger partial charge is 0.413 e. The van der Waals surface area contributed by atoms with Gasteiger partial charge < -0.3 is 20.5 Å². The van der Waals surface area contributed by atoms with Gasteiger partial charge >= 0.3 is 12.1 Å². The van der Waals surface area contributed by atoms with Gasteiger partial charge in [0.05, 0.1) is 0 Å². The third-order valence-corrected chi connectivity index (χ3v) is 4.73. The van der Waals surface area contributed by atoms with Crippen LogP contribution in [0.5, 0.6) is 5.75 Å². The van der Waals surface area contributed by atoms with E-state index in [1.54, 1.807) is 48.7 Å². The van der Waals surface area contributed by atoms with E-state index in [0.29, 0.717) is 12.0 Å². The third-order valence-electron chi connectivity index (χ3n) is 4.73. The maximum Gasteiger partial charge on any atom is 0.413 e. The highest BCUT2D eigenvalue weighted by Gasteiger charge is 2.31. The van der Waals surface area contributed by atoms with Crippen LogP contribution in [0.1, 0.15) is 41.9 Å². The SMILES string of the molecule is [2H]CC(C[2H])(CC)C[C@H](NC(=O)Oc1ccccc1)C(=O)N[C@@H](Cc1cccnc1)C(=O)O. The zero-order valence-electron chi connectivity index (χ0n) is 19.4. The molecule has 1 aromatic carbocycles. The van der Waals surface area contributed by atoms with Gasteiger partial charge in [-0.15, -0.1) is 0 Å². The van der Waals surface area contributed by atoms with E-state index in [1.165, 1.54) is 6.20 Å². The van der Waals surface area contributed by atoms with E-state index in [9.17, 15) is 19.5 Å². The molecule has 0 aliphatic heterocycles. The number of pyridine rings is 1. The highest BCUT2D eigenvalue weighted by atomic mass is 16.6. The highest BCUT2D eigenvalue weighted by Crippen LogP contribution is 2.26. The van der Waals surface area contributed by atoms with Crippen molar-refractivity contribution in [1.82, 2.24) is 15.6 Å². The lowest BCUT2D eigenvalue weighted by Gasteiger charge is -2.29. The lowest BCUT2D eigenvalue weighted by molar-refractivity contribution is -0.142. The van der Waals surface area contributed by atoms with Gasteiger partial charge in [0.15, 0.2) is 0 Å². The number of carbonyl (C=O) groups is 3. The highest BCUT2D eigenvalue weighted by molar-refractivity contribution is 5.89. The van der Waals surface area contributed by atoms with Gasteiger partial charge in [-0.05, 0) is 35.6 Å². The number of para-hydroxylation sites is 1. The summed E-state index contributed by atoms with van der Waals surface area (Å²) < 4.78 is 20.9. The number of carbonyl (C=O) groups excluding carboxylic acids is 2. The molecule has 0 saturated heterocycles. The van der Waals surface area contributed by atoms with E-state index in [4.69, 9.17) is 7.48 Å². The monoisotopic (exact) mass is 429 g/mol. The summed E-state index contributed by atoms with van der Waals surface area (Å²) in [4.78, 5) is 41.3. The number of hydrogen-bond acceptors (Lipinski definition) is 5. The minimum Gasteiger partial charge on any atom is -0.480 e. The van der Waals surface area contributed by atoms with Crippen molar-refractivity contribution in [1.29, 1.82) is 0 Å². The minimum atomic E-state index is -1.25. The first-order valence-corrected chi connectivity index (χ1v) is 9.86. The third kappa shape index (κ3) is 8.08. The Labute approximate surface area is 184 Å². The largest absolute Gasteiger partial charge is 0.480 e. The first kappa shape index (κ1) is 20.8. The van der Waals surface area contributed by atoms with Crippen molar-refractivity contribution in [2.75, 3.05) is 0 Å². The van der Waals surface area contributed by atoms with Crippen LogP contribution in [0, 0.1) is 5.41 Å². The molecule has 0 radical (unpaired) electrons. The van der Waals surface area contributed by atoms with Gasteiger partial charge in [-0.2, -0.15) is 0 Å². The molecule has 0 aliphatic rings. The van der Waals surface area contributed by atoms with Gasteiger partial charge in [0.25, 0.3) is 0 Å². The summed E-state index contributed by atoms with van der Waals surface area (Å²) >= 11 is 0. The Balaban J connectivity index is 2.19. The van der Waals surface area contributed by atoms with E-state index < -0.39 is 35.5 Å². The number of benzene rings is 1. The molecule has 2 atom stereocenters. The molecule has 0 unspecified atom stereocenters. The molecule has 2 amide bonds. The second-order valence-electron chi connectivity index (χ2n) is 7.42. The van der Waals surface area contributed by atoms with E-state index in [-0.39, 0.29) is 32.4 Å². The molecule has 2 aromatic rings. The molecule has 1 aromatic heterocycles. The summed E-state index contributed by atoms with van der Waals surface area (Å²) in [6.07, 6.45) is 2.62. The summed E-state index contributed by atoms with van der Waals surface area (Å²) in [7, 11) is 0. The summed E-state index contributed by atoms with van der Waals surface area (Å²) in [5.74, 6) is -1.69. The standard InChI is InChI=1S/C23H29N3O5/c1-4-23(2,3)14-19(26-22(30)31-17-10-6-5-7-11-17)20(27)25-18(21(28)29)13-16-9-8-12-24-15-16/h5-12,15,18-19H,4,13-14H2,1-3H3,(H,25,27)(H,26,30)(H,28,29)/t18-,19-/m0/s1/i2D,3D. The number of nitrogens with one attached hydrogen (secondary N) is 2. The molecule has 0 spiro atoms. The zero-order valence-corrected chi connectivity index (χ0v) is 17.4. The molecule has 0 fully saturated rings. The summed E-state index contributed by atoms with van der Waals surface area (Å²) in [5, 5.41) is 14.6. The molecule has 3 N–H and O–H groups in total. The minimum absolute atomic E-state index is 0.00586. The van der Waals surface area contributed by atoms with Crippen LogP contribution in [-0.2, 0) is 16.0 Å². The topological polar surface area (TPSA) is 118 Å². The summed E-state index contributed by atoms with van der Waals surface area (Å²) in [6, 6.07) is 9.21. The van der Waals surface area contributed by atoms with Crippen molar-refractivity contribution in [3.63, 3.8) is 0 Å². The fraction of sp³-hybridized carbons (Fsp3) is 0.391. The van der Waals surface area contributed by atoms with Gasteiger partial charge in [-0.1, -0.05) is 51.4 Å². The quantitative estimate of drug-likeness (QED) is 0.534. The maximum absolute atomic E-state index is 13.1. The Morgan fingerprint density at radius 1 is 1.13 bits per heavy atom. The van der Waals surface area contributed by atoms with Gasteiger partial charge in [-0.25, -0.2) is 9.59 Å². The predicted molar refractivity (Wildman–Crippen MR) is 116 cm³/mol. The summed E-state index contributed by atoms with van der Waals surface area (Å²) in [6.45, 7) is 1.57. The first-order valence-electron chi connectivity index (χ1n) is 11.3. The van der Waals surface area contributed by atoms with Crippen LogP contribution >= 0.6 is 0 Å². The number of hydrogen-bond donors (Lipinski definition) is 3. The summed E-state index contributed by atoms with van der Waals surface area (Å²) in [5.41, 5.74) is -0.220. The molecular weight excluding hydrogens is 398 g/mol. The molecule has 1 heterocycles. The Morgan fingerprint density at radius 2 is 1.87 bits per heavy atom. The fourth-order valence-electron chi connectivity index (χ4n) is 2.78. The Morgan fingerprint density at radius 3 is 2.45 bits per heavy atom. The van der Waals surface area contributed by atoms with Gasteiger partial charge in [-0.3, -0.25) is 9.78 Å². The van der Waals surface area contributed by atoms with E-state index in [2.05, 4.69) is 15.6 Å². The molecule has 0 bridgehead atoms. The molecule has 2 rings (SSSR count). The lowest BCUT2D eigenvalue weighted by Crippen LogP contribution is -2.53. The number of carboxylic acid groups (broad SMARTS) is 1. The second kappa shape index (κ2) is 11.1. The molecule has 8 nitrogen and oxygen atoms in total. The van der Waals surface area contributed by atoms with Gasteiger partial charge in [0.2, 0.25) is 5.91 Å². The zero-order chi connectivity index (χ0) is 24.3. The number of rotatable bonds is 10. The van der Waals surface area contributed by atoms with Crippen molar-refractivity contribution in [3.05, 3.63) is 60.4 Å². The molecule has 166 valence electrons. The molecular formula is C23H29N3O5. The lowest BCUT2D eigenvalue weighted by atomic mass is 9.83. The van der Waals surface area contributed by atoms with Crippen LogP contribution in [0.15, 0.2) is 54.9 Å². The van der Waals surface area contributed by atoms with E-state index in [1.807, 2.05) is 6.92 Å². The second-order valence-corrected chi connectivity index (χ2v) is 7.42. The van der Waals surface area contributed by atoms with Crippen molar-refractivity contribution < 1.29 is 27.0 Å². The van der Waals surface area contributed by atoms with E-state index in [0.717, 1.165) is 0 Å². The van der Waals surface area contributed by atoms with Gasteiger partial charge in [0.1, 0.15) is 17.8 Å². The number of aliphatic carboxylic acids is 1. The Bertz CT molecular complexity index is 903. The van der Waals surface area contributed by atoms with Crippen LogP contribution in [-0.4, -0.2) is 40.1 Å². The number of carboxylic acids is 1. The molecule has 31 heavy (non-hydrogen) atoms. The van der Waals surface area contributed by atoms with Crippen molar-refractivity contribution >= 4 is 18.0 Å². The number of ether oxygens (including phenoxy) is 1. The van der Waals surface area contributed by atoms with Crippen molar-refractivity contribution in [2.45, 2.75) is 52.1 Å². The normalized spacial score (nSPS) is 13.8. The van der Waals surface area contributed by atoms with Crippen LogP contribution < -0.4 is 15.4 Å². The molecule has 0 saturated carbocycles. The maximum atomic E-state index is 13.1. The Hall–Kier alpha value is -3.42. The van der Waals surface area contributed by atoms with Gasteiger partial charge in [0, 0.05) is 21.6 Å². The van der Waals surface area contributed by atoms with Crippen molar-refractivity contribution in [2.24, 2.45) is 5.41 Å². The average Bonchev–Trinajstić information content (AvgIpc) is 2.82. The van der Waals surface area contributed by atoms with Crippen molar-refractivity contribution in [3.8, 4) is 5.75 Å². The Kier molecular flexibility index (Phi) is 7.46. The number of nitrogens with zero attached hydrogens (tertiary/aromatic N) is 1. The van der Waals surface area contributed by atoms with Crippen LogP contribution in [0.3, 0.4) is 0 Å². The molecule has 8 heteroatoms. The van der Waals surface area contributed by atoms with Crippen LogP contribution in [0.4, 0.5) is 4.79 Å². The number of amides is 2. The molecule has 0 aliphatic carbocycles.